The summed E-state index contributed by atoms with van der Waals surface area (Å²) in [6.45, 7) is 6.21. The molecule has 2 atom stereocenters. The zero-order valence-corrected chi connectivity index (χ0v) is 16.3. The average molecular weight is 372 g/mol. The van der Waals surface area contributed by atoms with E-state index < -0.39 is 0 Å². The van der Waals surface area contributed by atoms with E-state index in [-0.39, 0.29) is 30.1 Å². The molecule has 1 amide bonds. The largest absolute Gasteiger partial charge is 0.336 e. The predicted molar refractivity (Wildman–Crippen MR) is 104 cm³/mol. The van der Waals surface area contributed by atoms with Crippen LogP contribution in [0.4, 0.5) is 0 Å². The molecule has 0 aromatic carbocycles. The van der Waals surface area contributed by atoms with E-state index in [1.165, 1.54) is 4.68 Å². The van der Waals surface area contributed by atoms with Gasteiger partial charge in [0.1, 0.15) is 22.7 Å². The van der Waals surface area contributed by atoms with Crippen LogP contribution in [0.5, 0.6) is 0 Å². The van der Waals surface area contributed by atoms with Crippen LogP contribution < -0.4 is 5.56 Å². The number of hydrogen-bond acceptors (Lipinski definition) is 4. The van der Waals surface area contributed by atoms with Crippen LogP contribution in [0.1, 0.15) is 45.9 Å². The fraction of sp³-hybridized carbons (Fsp3) is 0.526. The Morgan fingerprint density at radius 3 is 2.73 bits per heavy atom. The van der Waals surface area contributed by atoms with Crippen LogP contribution >= 0.6 is 11.3 Å². The van der Waals surface area contributed by atoms with E-state index in [0.717, 1.165) is 35.3 Å². The summed E-state index contributed by atoms with van der Waals surface area (Å²) in [5, 5.41) is 7.60. The summed E-state index contributed by atoms with van der Waals surface area (Å²) in [5.74, 6) is 0.795. The number of rotatable bonds is 3. The van der Waals surface area contributed by atoms with Crippen molar-refractivity contribution in [2.45, 2.75) is 65.1 Å². The molecule has 0 radical (unpaired) electrons. The van der Waals surface area contributed by atoms with Gasteiger partial charge in [-0.2, -0.15) is 5.10 Å². The number of nitrogens with zero attached hydrogens (tertiary/aromatic N) is 4. The first-order valence-corrected chi connectivity index (χ1v) is 10.2. The summed E-state index contributed by atoms with van der Waals surface area (Å²) in [5.41, 5.74) is 0.405. The van der Waals surface area contributed by atoms with Gasteiger partial charge in [0.25, 0.3) is 5.56 Å². The van der Waals surface area contributed by atoms with Crippen LogP contribution in [0.15, 0.2) is 22.3 Å². The van der Waals surface area contributed by atoms with E-state index in [9.17, 15) is 9.59 Å². The number of carbonyl (C=O) groups is 1. The van der Waals surface area contributed by atoms with Crippen molar-refractivity contribution in [3.63, 3.8) is 0 Å². The van der Waals surface area contributed by atoms with Crippen molar-refractivity contribution in [3.05, 3.63) is 33.7 Å². The number of fused-ring (bicyclic) bond motifs is 3. The lowest BCUT2D eigenvalue weighted by molar-refractivity contribution is -0.138. The topological polar surface area (TPSA) is 59.6 Å². The van der Waals surface area contributed by atoms with Gasteiger partial charge < -0.3 is 4.90 Å². The Morgan fingerprint density at radius 1 is 1.31 bits per heavy atom. The molecular formula is C19H24N4O2S. The lowest BCUT2D eigenvalue weighted by Crippen LogP contribution is -2.49. The van der Waals surface area contributed by atoms with Crippen molar-refractivity contribution in [3.8, 4) is 0 Å². The SMILES string of the molecule is CCc1nn(CC(=O)N2C(C)CCCC2C)c(=O)c2cc3ccsc3n12. The predicted octanol–water partition coefficient (Wildman–Crippen LogP) is 3.06. The molecule has 3 aromatic heterocycles. The smallest absolute Gasteiger partial charge is 0.291 e. The van der Waals surface area contributed by atoms with Crippen LogP contribution in [0.2, 0.25) is 0 Å². The van der Waals surface area contributed by atoms with E-state index in [1.54, 1.807) is 11.3 Å². The Balaban J connectivity index is 1.76. The number of likely N-dealkylation sites (tertiary alicyclic amines) is 1. The summed E-state index contributed by atoms with van der Waals surface area (Å²) in [6.07, 6.45) is 3.89. The number of hydrogen-bond donors (Lipinski definition) is 0. The van der Waals surface area contributed by atoms with E-state index in [4.69, 9.17) is 0 Å². The molecule has 2 unspecified atom stereocenters. The Morgan fingerprint density at radius 2 is 2.04 bits per heavy atom. The molecule has 26 heavy (non-hydrogen) atoms. The minimum absolute atomic E-state index is 0.00976. The number of aryl methyl sites for hydroxylation is 1. The lowest BCUT2D eigenvalue weighted by Gasteiger charge is -2.39. The third-order valence-electron chi connectivity index (χ3n) is 5.44. The van der Waals surface area contributed by atoms with Gasteiger partial charge in [0.05, 0.1) is 0 Å². The molecule has 4 heterocycles. The monoisotopic (exact) mass is 372 g/mol. The summed E-state index contributed by atoms with van der Waals surface area (Å²) in [7, 11) is 0. The Bertz CT molecular complexity index is 1020. The maximum absolute atomic E-state index is 13.0. The van der Waals surface area contributed by atoms with Gasteiger partial charge in [0.2, 0.25) is 5.91 Å². The minimum atomic E-state index is -0.198. The molecule has 6 nitrogen and oxygen atoms in total. The van der Waals surface area contributed by atoms with Crippen LogP contribution in [-0.2, 0) is 17.8 Å². The summed E-state index contributed by atoms with van der Waals surface area (Å²) < 4.78 is 3.30. The Hall–Kier alpha value is -2.15. The first kappa shape index (κ1) is 17.3. The van der Waals surface area contributed by atoms with Gasteiger partial charge in [0, 0.05) is 23.9 Å². The van der Waals surface area contributed by atoms with Gasteiger partial charge in [-0.1, -0.05) is 6.92 Å². The van der Waals surface area contributed by atoms with Crippen molar-refractivity contribution >= 4 is 33.0 Å². The molecule has 0 N–H and O–H groups in total. The van der Waals surface area contributed by atoms with Crippen molar-refractivity contribution in [2.24, 2.45) is 0 Å². The van der Waals surface area contributed by atoms with Crippen molar-refractivity contribution in [2.75, 3.05) is 0 Å². The molecular weight excluding hydrogens is 348 g/mol. The third kappa shape index (κ3) is 2.65. The first-order chi connectivity index (χ1) is 12.5. The van der Waals surface area contributed by atoms with Crippen molar-refractivity contribution < 1.29 is 4.79 Å². The number of amides is 1. The first-order valence-electron chi connectivity index (χ1n) is 9.31. The van der Waals surface area contributed by atoms with Gasteiger partial charge in [0.15, 0.2) is 0 Å². The van der Waals surface area contributed by atoms with Crippen LogP contribution in [0.25, 0.3) is 15.7 Å². The van der Waals surface area contributed by atoms with Gasteiger partial charge in [-0.05, 0) is 50.6 Å². The molecule has 1 fully saturated rings. The quantitative estimate of drug-likeness (QED) is 0.710. The molecule has 7 heteroatoms. The molecule has 0 spiro atoms. The summed E-state index contributed by atoms with van der Waals surface area (Å²) in [4.78, 5) is 28.9. The number of piperidine rings is 1. The summed E-state index contributed by atoms with van der Waals surface area (Å²) >= 11 is 1.60. The highest BCUT2D eigenvalue weighted by atomic mass is 32.1. The zero-order valence-electron chi connectivity index (χ0n) is 15.4. The molecule has 138 valence electrons. The van der Waals surface area contributed by atoms with Gasteiger partial charge in [-0.3, -0.25) is 14.0 Å². The highest BCUT2D eigenvalue weighted by Gasteiger charge is 2.29. The third-order valence-corrected chi connectivity index (χ3v) is 6.35. The van der Waals surface area contributed by atoms with Crippen LogP contribution in [0, 0.1) is 0 Å². The Kier molecular flexibility index (Phi) is 4.34. The molecule has 0 saturated carbocycles. The number of thiophene rings is 1. The maximum atomic E-state index is 13.0. The van der Waals surface area contributed by atoms with Crippen molar-refractivity contribution in [1.29, 1.82) is 0 Å². The Labute approximate surface area is 156 Å². The van der Waals surface area contributed by atoms with Crippen LogP contribution in [0.3, 0.4) is 0 Å². The summed E-state index contributed by atoms with van der Waals surface area (Å²) in [6, 6.07) is 4.35. The second kappa shape index (κ2) is 6.54. The minimum Gasteiger partial charge on any atom is -0.336 e. The molecule has 1 aliphatic rings. The molecule has 4 rings (SSSR count). The average Bonchev–Trinajstić information content (AvgIpc) is 3.18. The van der Waals surface area contributed by atoms with Crippen LogP contribution in [-0.4, -0.2) is 37.1 Å². The highest BCUT2D eigenvalue weighted by Crippen LogP contribution is 2.25. The molecule has 0 aliphatic carbocycles. The number of aromatic nitrogens is 3. The lowest BCUT2D eigenvalue weighted by atomic mass is 9.97. The zero-order chi connectivity index (χ0) is 18.4. The standard InChI is InChI=1S/C19H24N4O2S/c1-4-16-20-21(11-17(24)22-12(2)6-5-7-13(22)3)18(25)15-10-14-8-9-26-19(14)23(15)16/h8-10,12-13H,4-7,11H2,1-3H3. The fourth-order valence-corrected chi connectivity index (χ4v) is 5.07. The van der Waals surface area contributed by atoms with Gasteiger partial charge in [-0.25, -0.2) is 4.68 Å². The number of carbonyl (C=O) groups excluding carboxylic acids is 1. The molecule has 0 bridgehead atoms. The van der Waals surface area contributed by atoms with E-state index >= 15 is 0 Å². The van der Waals surface area contributed by atoms with E-state index in [1.807, 2.05) is 33.7 Å². The van der Waals surface area contributed by atoms with E-state index in [0.29, 0.717) is 11.9 Å². The molecule has 3 aromatic rings. The normalized spacial score (nSPS) is 21.0. The van der Waals surface area contributed by atoms with Crippen molar-refractivity contribution in [1.82, 2.24) is 19.1 Å². The second-order valence-corrected chi connectivity index (χ2v) is 8.10. The maximum Gasteiger partial charge on any atom is 0.291 e. The molecule has 1 saturated heterocycles. The molecule has 1 aliphatic heterocycles. The second-order valence-electron chi connectivity index (χ2n) is 7.21. The van der Waals surface area contributed by atoms with Gasteiger partial charge >= 0.3 is 0 Å². The fourth-order valence-electron chi connectivity index (χ4n) is 4.16. The highest BCUT2D eigenvalue weighted by molar-refractivity contribution is 7.16. The van der Waals surface area contributed by atoms with Gasteiger partial charge in [-0.15, -0.1) is 11.3 Å². The van der Waals surface area contributed by atoms with E-state index in [2.05, 4.69) is 18.9 Å².